The van der Waals surface area contributed by atoms with Crippen molar-refractivity contribution in [2.45, 2.75) is 18.4 Å². The number of fused-ring (bicyclic) bond motifs is 1. The van der Waals surface area contributed by atoms with Crippen LogP contribution in [0.15, 0.2) is 48.5 Å². The van der Waals surface area contributed by atoms with Crippen LogP contribution in [0.4, 0.5) is 15.8 Å². The number of hydrogen-bond acceptors (Lipinski definition) is 3. The standard InChI is InChI=1S/C17H16FNO3/c18-13-5-7-14(8-6-13)19-15-4-2-1-3-12(15)9-17(19,11-20)10-16(21)22/h1-8,20H,9-11H2,(H,21,22). The number of benzene rings is 2. The van der Waals surface area contributed by atoms with Crippen molar-refractivity contribution in [3.8, 4) is 0 Å². The summed E-state index contributed by atoms with van der Waals surface area (Å²) in [5, 5.41) is 19.2. The van der Waals surface area contributed by atoms with E-state index in [1.54, 1.807) is 12.1 Å². The highest BCUT2D eigenvalue weighted by Gasteiger charge is 2.45. The summed E-state index contributed by atoms with van der Waals surface area (Å²) in [4.78, 5) is 13.1. The lowest BCUT2D eigenvalue weighted by atomic mass is 9.90. The minimum absolute atomic E-state index is 0.199. The van der Waals surface area contributed by atoms with Crippen LogP contribution in [0.1, 0.15) is 12.0 Å². The smallest absolute Gasteiger partial charge is 0.305 e. The van der Waals surface area contributed by atoms with E-state index in [1.165, 1.54) is 12.1 Å². The van der Waals surface area contributed by atoms with Gasteiger partial charge in [-0.25, -0.2) is 4.39 Å². The van der Waals surface area contributed by atoms with E-state index in [4.69, 9.17) is 0 Å². The summed E-state index contributed by atoms with van der Waals surface area (Å²) in [6.07, 6.45) is 0.235. The second kappa shape index (κ2) is 5.42. The minimum atomic E-state index is -0.978. The fourth-order valence-electron chi connectivity index (χ4n) is 3.18. The van der Waals surface area contributed by atoms with E-state index in [0.29, 0.717) is 12.1 Å². The van der Waals surface area contributed by atoms with Gasteiger partial charge >= 0.3 is 5.97 Å². The molecule has 0 saturated heterocycles. The molecule has 1 heterocycles. The highest BCUT2D eigenvalue weighted by atomic mass is 19.1. The Morgan fingerprint density at radius 3 is 2.50 bits per heavy atom. The van der Waals surface area contributed by atoms with Gasteiger partial charge in [0.1, 0.15) is 5.82 Å². The van der Waals surface area contributed by atoms with Crippen LogP contribution in [0, 0.1) is 5.82 Å². The topological polar surface area (TPSA) is 60.8 Å². The highest BCUT2D eigenvalue weighted by molar-refractivity contribution is 5.78. The number of para-hydroxylation sites is 1. The van der Waals surface area contributed by atoms with E-state index < -0.39 is 11.5 Å². The molecule has 0 radical (unpaired) electrons. The maximum atomic E-state index is 13.2. The maximum absolute atomic E-state index is 13.2. The number of aliphatic hydroxyl groups is 1. The molecule has 114 valence electrons. The van der Waals surface area contributed by atoms with Crippen molar-refractivity contribution in [3.05, 3.63) is 59.9 Å². The monoisotopic (exact) mass is 301 g/mol. The Morgan fingerprint density at radius 1 is 1.18 bits per heavy atom. The van der Waals surface area contributed by atoms with Gasteiger partial charge in [0, 0.05) is 17.8 Å². The number of aliphatic carboxylic acids is 1. The molecule has 0 fully saturated rings. The number of carboxylic acids is 1. The SMILES string of the molecule is O=C(O)CC1(CO)Cc2ccccc2N1c1ccc(F)cc1. The third-order valence-corrected chi connectivity index (χ3v) is 4.09. The van der Waals surface area contributed by atoms with Gasteiger partial charge in [0.2, 0.25) is 0 Å². The third-order valence-electron chi connectivity index (χ3n) is 4.09. The molecule has 1 aliphatic heterocycles. The van der Waals surface area contributed by atoms with Gasteiger partial charge in [-0.15, -0.1) is 0 Å². The molecule has 0 bridgehead atoms. The van der Waals surface area contributed by atoms with Crippen molar-refractivity contribution in [2.75, 3.05) is 11.5 Å². The van der Waals surface area contributed by atoms with Gasteiger partial charge in [0.25, 0.3) is 0 Å². The largest absolute Gasteiger partial charge is 0.481 e. The molecule has 0 amide bonds. The number of carbonyl (C=O) groups is 1. The summed E-state index contributed by atoms with van der Waals surface area (Å²) in [5.74, 6) is -1.34. The first kappa shape index (κ1) is 14.5. The Hall–Kier alpha value is -2.40. The molecule has 4 nitrogen and oxygen atoms in total. The van der Waals surface area contributed by atoms with Crippen molar-refractivity contribution >= 4 is 17.3 Å². The van der Waals surface area contributed by atoms with Crippen molar-refractivity contribution in [1.82, 2.24) is 0 Å². The van der Waals surface area contributed by atoms with E-state index in [9.17, 15) is 19.4 Å². The number of carboxylic acid groups (broad SMARTS) is 1. The lowest BCUT2D eigenvalue weighted by Gasteiger charge is -2.38. The van der Waals surface area contributed by atoms with E-state index >= 15 is 0 Å². The Labute approximate surface area is 127 Å². The Bertz CT molecular complexity index is 701. The van der Waals surface area contributed by atoms with Gasteiger partial charge < -0.3 is 15.1 Å². The molecule has 2 aromatic rings. The fourth-order valence-corrected chi connectivity index (χ4v) is 3.18. The van der Waals surface area contributed by atoms with Gasteiger partial charge in [0.15, 0.2) is 0 Å². The third kappa shape index (κ3) is 2.33. The van der Waals surface area contributed by atoms with Crippen molar-refractivity contribution in [2.24, 2.45) is 0 Å². The van der Waals surface area contributed by atoms with E-state index in [-0.39, 0.29) is 18.8 Å². The van der Waals surface area contributed by atoms with Gasteiger partial charge in [-0.3, -0.25) is 4.79 Å². The summed E-state index contributed by atoms with van der Waals surface area (Å²) in [7, 11) is 0. The van der Waals surface area contributed by atoms with Gasteiger partial charge in [-0.05, 0) is 35.9 Å². The van der Waals surface area contributed by atoms with E-state index in [1.807, 2.05) is 29.2 Å². The van der Waals surface area contributed by atoms with Crippen LogP contribution in [-0.2, 0) is 11.2 Å². The maximum Gasteiger partial charge on any atom is 0.305 e. The molecule has 5 heteroatoms. The first-order valence-corrected chi connectivity index (χ1v) is 7.02. The van der Waals surface area contributed by atoms with Crippen LogP contribution in [-0.4, -0.2) is 28.3 Å². The average Bonchev–Trinajstić information content (AvgIpc) is 2.82. The van der Waals surface area contributed by atoms with Gasteiger partial charge in [0.05, 0.1) is 18.6 Å². The van der Waals surface area contributed by atoms with Crippen LogP contribution in [0.2, 0.25) is 0 Å². The molecule has 22 heavy (non-hydrogen) atoms. The molecule has 1 atom stereocenters. The highest BCUT2D eigenvalue weighted by Crippen LogP contribution is 2.45. The Morgan fingerprint density at radius 2 is 1.86 bits per heavy atom. The zero-order valence-electron chi connectivity index (χ0n) is 11.9. The van der Waals surface area contributed by atoms with Crippen molar-refractivity contribution < 1.29 is 19.4 Å². The lowest BCUT2D eigenvalue weighted by Crippen LogP contribution is -2.49. The molecular formula is C17H16FNO3. The molecule has 0 spiro atoms. The molecule has 2 aromatic carbocycles. The summed E-state index contributed by atoms with van der Waals surface area (Å²) < 4.78 is 13.2. The second-order valence-corrected chi connectivity index (χ2v) is 5.57. The number of halogens is 1. The van der Waals surface area contributed by atoms with Crippen LogP contribution >= 0.6 is 0 Å². The van der Waals surface area contributed by atoms with Crippen LogP contribution in [0.3, 0.4) is 0 Å². The molecule has 0 aliphatic carbocycles. The van der Waals surface area contributed by atoms with Gasteiger partial charge in [-0.1, -0.05) is 18.2 Å². The minimum Gasteiger partial charge on any atom is -0.481 e. The van der Waals surface area contributed by atoms with Crippen LogP contribution < -0.4 is 4.90 Å². The van der Waals surface area contributed by atoms with Crippen LogP contribution in [0.5, 0.6) is 0 Å². The quantitative estimate of drug-likeness (QED) is 0.911. The molecule has 0 aromatic heterocycles. The van der Waals surface area contributed by atoms with Gasteiger partial charge in [-0.2, -0.15) is 0 Å². The number of rotatable bonds is 4. The first-order chi connectivity index (χ1) is 10.6. The fraction of sp³-hybridized carbons (Fsp3) is 0.235. The van der Waals surface area contributed by atoms with Crippen molar-refractivity contribution in [1.29, 1.82) is 0 Å². The predicted octanol–water partition coefficient (Wildman–Crippen LogP) is 2.73. The summed E-state index contributed by atoms with van der Waals surface area (Å²) in [6, 6.07) is 13.4. The predicted molar refractivity (Wildman–Crippen MR) is 80.8 cm³/mol. The molecule has 2 N–H and O–H groups in total. The Balaban J connectivity index is 2.14. The summed E-state index contributed by atoms with van der Waals surface area (Å²) in [6.45, 7) is -0.300. The number of hydrogen-bond donors (Lipinski definition) is 2. The molecule has 1 unspecified atom stereocenters. The Kier molecular flexibility index (Phi) is 3.58. The molecule has 1 aliphatic rings. The summed E-state index contributed by atoms with van der Waals surface area (Å²) >= 11 is 0. The lowest BCUT2D eigenvalue weighted by molar-refractivity contribution is -0.138. The molecular weight excluding hydrogens is 285 g/mol. The number of aliphatic hydroxyl groups excluding tert-OH is 1. The zero-order chi connectivity index (χ0) is 15.7. The molecule has 0 saturated carbocycles. The van der Waals surface area contributed by atoms with E-state index in [2.05, 4.69) is 0 Å². The molecule has 3 rings (SSSR count). The second-order valence-electron chi connectivity index (χ2n) is 5.57. The normalized spacial score (nSPS) is 20.0. The van der Waals surface area contributed by atoms with E-state index in [0.717, 1.165) is 11.3 Å². The zero-order valence-corrected chi connectivity index (χ0v) is 11.9. The summed E-state index contributed by atoms with van der Waals surface area (Å²) in [5.41, 5.74) is 1.54. The number of anilines is 2. The number of nitrogens with zero attached hydrogens (tertiary/aromatic N) is 1. The van der Waals surface area contributed by atoms with Crippen LogP contribution in [0.25, 0.3) is 0 Å². The van der Waals surface area contributed by atoms with Crippen molar-refractivity contribution in [3.63, 3.8) is 0 Å². The first-order valence-electron chi connectivity index (χ1n) is 7.02. The average molecular weight is 301 g/mol.